The summed E-state index contributed by atoms with van der Waals surface area (Å²) in [5.41, 5.74) is 1.84. The third-order valence-electron chi connectivity index (χ3n) is 3.21. The second kappa shape index (κ2) is 5.30. The Kier molecular flexibility index (Phi) is 3.52. The summed E-state index contributed by atoms with van der Waals surface area (Å²) in [5, 5.41) is 3.21. The Balaban J connectivity index is 1.99. The molecule has 0 saturated carbocycles. The molecule has 1 aromatic carbocycles. The van der Waals surface area contributed by atoms with Gasteiger partial charge in [0.25, 0.3) is 5.76 Å². The normalized spacial score (nSPS) is 15.7. The molecule has 1 saturated heterocycles. The highest BCUT2D eigenvalue weighted by Crippen LogP contribution is 2.32. The van der Waals surface area contributed by atoms with Crippen LogP contribution in [0.25, 0.3) is 5.69 Å². The van der Waals surface area contributed by atoms with Crippen LogP contribution in [-0.4, -0.2) is 28.4 Å². The molecule has 0 spiro atoms. The van der Waals surface area contributed by atoms with Crippen molar-refractivity contribution in [2.75, 3.05) is 13.1 Å². The van der Waals surface area contributed by atoms with Crippen molar-refractivity contribution >= 4 is 11.8 Å². The fraction of sp³-hybridized carbons (Fsp3) is 0.308. The van der Waals surface area contributed by atoms with E-state index in [0.717, 1.165) is 24.5 Å². The first-order chi connectivity index (χ1) is 9.25. The van der Waals surface area contributed by atoms with E-state index in [4.69, 9.17) is 0 Å². The van der Waals surface area contributed by atoms with E-state index in [-0.39, 0.29) is 0 Å². The van der Waals surface area contributed by atoms with Crippen LogP contribution in [-0.2, 0) is 0 Å². The molecule has 0 amide bonds. The van der Waals surface area contributed by atoms with Crippen LogP contribution < -0.4 is 5.32 Å². The zero-order valence-corrected chi connectivity index (χ0v) is 10.9. The van der Waals surface area contributed by atoms with Gasteiger partial charge in [-0.25, -0.2) is 4.98 Å². The number of hydrogen-bond donors (Lipinski definition) is 1. The van der Waals surface area contributed by atoms with Gasteiger partial charge in [0.05, 0.1) is 12.0 Å². The number of nitrogens with one attached hydrogen (secondary N) is 1. The number of imidazole rings is 1. The highest BCUT2D eigenvalue weighted by atomic mass is 32.2. The van der Waals surface area contributed by atoms with Gasteiger partial charge in [-0.15, -0.1) is 0 Å². The fourth-order valence-corrected chi connectivity index (χ4v) is 2.79. The maximum Gasteiger partial charge on any atom is 0.288 e. The Labute approximate surface area is 114 Å². The first-order valence-corrected chi connectivity index (χ1v) is 6.91. The lowest BCUT2D eigenvalue weighted by atomic mass is 10.00. The summed E-state index contributed by atoms with van der Waals surface area (Å²) in [6, 6.07) is 7.19. The van der Waals surface area contributed by atoms with Crippen LogP contribution in [0.4, 0.5) is 8.78 Å². The van der Waals surface area contributed by atoms with Crippen LogP contribution in [0.3, 0.4) is 0 Å². The van der Waals surface area contributed by atoms with Gasteiger partial charge in [0, 0.05) is 35.8 Å². The van der Waals surface area contributed by atoms with Crippen LogP contribution in [0.1, 0.15) is 11.6 Å². The largest absolute Gasteiger partial charge is 0.315 e. The van der Waals surface area contributed by atoms with E-state index in [0.29, 0.717) is 22.6 Å². The molecule has 0 atom stereocenters. The Morgan fingerprint density at radius 2 is 2.11 bits per heavy atom. The molecule has 0 radical (unpaired) electrons. The van der Waals surface area contributed by atoms with Crippen molar-refractivity contribution in [1.29, 1.82) is 0 Å². The third kappa shape index (κ3) is 2.50. The number of thioether (sulfide) groups is 1. The van der Waals surface area contributed by atoms with E-state index in [2.05, 4.69) is 10.3 Å². The Morgan fingerprint density at radius 1 is 1.32 bits per heavy atom. The van der Waals surface area contributed by atoms with Crippen molar-refractivity contribution in [1.82, 2.24) is 14.9 Å². The van der Waals surface area contributed by atoms with Gasteiger partial charge in [0.2, 0.25) is 0 Å². The van der Waals surface area contributed by atoms with E-state index >= 15 is 0 Å². The first kappa shape index (κ1) is 12.6. The van der Waals surface area contributed by atoms with E-state index < -0.39 is 5.76 Å². The van der Waals surface area contributed by atoms with Gasteiger partial charge in [0.1, 0.15) is 0 Å². The summed E-state index contributed by atoms with van der Waals surface area (Å²) in [6.45, 7) is 1.83. The number of benzene rings is 1. The second-order valence-electron chi connectivity index (χ2n) is 4.39. The summed E-state index contributed by atoms with van der Waals surface area (Å²) in [4.78, 5) is 4.73. The zero-order valence-electron chi connectivity index (χ0n) is 10.1. The van der Waals surface area contributed by atoms with Crippen LogP contribution in [0.5, 0.6) is 0 Å². The number of halogens is 2. The summed E-state index contributed by atoms with van der Waals surface area (Å²) in [7, 11) is 0. The molecule has 2 heterocycles. The molecule has 0 unspecified atom stereocenters. The van der Waals surface area contributed by atoms with Gasteiger partial charge in [-0.1, -0.05) is 23.9 Å². The quantitative estimate of drug-likeness (QED) is 0.874. The number of hydrogen-bond acceptors (Lipinski definition) is 3. The number of aromatic nitrogens is 2. The van der Waals surface area contributed by atoms with Gasteiger partial charge >= 0.3 is 0 Å². The molecular formula is C13H13F2N3S. The van der Waals surface area contributed by atoms with Crippen molar-refractivity contribution < 1.29 is 8.78 Å². The van der Waals surface area contributed by atoms with Crippen molar-refractivity contribution in [3.8, 4) is 5.69 Å². The van der Waals surface area contributed by atoms with E-state index in [9.17, 15) is 8.78 Å². The topological polar surface area (TPSA) is 29.9 Å². The maximum atomic E-state index is 12.6. The van der Waals surface area contributed by atoms with Crippen LogP contribution >= 0.6 is 11.8 Å². The number of para-hydroxylation sites is 1. The predicted octanol–water partition coefficient (Wildman–Crippen LogP) is 2.87. The van der Waals surface area contributed by atoms with Crippen molar-refractivity contribution in [3.63, 3.8) is 0 Å². The number of alkyl halides is 2. The summed E-state index contributed by atoms with van der Waals surface area (Å²) < 4.78 is 27.1. The average Bonchev–Trinajstić information content (AvgIpc) is 2.75. The van der Waals surface area contributed by atoms with Crippen LogP contribution in [0.15, 0.2) is 41.7 Å². The van der Waals surface area contributed by atoms with Gasteiger partial charge in [-0.2, -0.15) is 8.78 Å². The molecule has 1 aromatic heterocycles. The molecular weight excluding hydrogens is 268 g/mol. The standard InChI is InChI=1S/C13H13F2N3S/c14-13(15)19-12-4-2-1-3-10(12)18-8-17-7-11(18)9-5-16-6-9/h1-4,7-9,13,16H,5-6H2. The van der Waals surface area contributed by atoms with Crippen molar-refractivity contribution in [2.45, 2.75) is 16.6 Å². The molecule has 100 valence electrons. The lowest BCUT2D eigenvalue weighted by Crippen LogP contribution is -2.40. The molecule has 19 heavy (non-hydrogen) atoms. The number of nitrogens with zero attached hydrogens (tertiary/aromatic N) is 2. The molecule has 2 aromatic rings. The van der Waals surface area contributed by atoms with Crippen molar-refractivity contribution in [3.05, 3.63) is 42.5 Å². The lowest BCUT2D eigenvalue weighted by Gasteiger charge is -2.28. The third-order valence-corrected chi connectivity index (χ3v) is 3.99. The molecule has 1 fully saturated rings. The lowest BCUT2D eigenvalue weighted by molar-refractivity contribution is 0.252. The van der Waals surface area contributed by atoms with Gasteiger partial charge in [-0.05, 0) is 12.1 Å². The Morgan fingerprint density at radius 3 is 2.79 bits per heavy atom. The number of rotatable bonds is 4. The molecule has 1 N–H and O–H groups in total. The Hall–Kier alpha value is -1.40. The minimum Gasteiger partial charge on any atom is -0.315 e. The molecule has 1 aliphatic heterocycles. The minimum absolute atomic E-state index is 0.409. The van der Waals surface area contributed by atoms with Gasteiger partial charge in [0.15, 0.2) is 0 Å². The smallest absolute Gasteiger partial charge is 0.288 e. The zero-order chi connectivity index (χ0) is 13.2. The monoisotopic (exact) mass is 281 g/mol. The molecule has 0 bridgehead atoms. The first-order valence-electron chi connectivity index (χ1n) is 6.03. The van der Waals surface area contributed by atoms with E-state index in [1.807, 2.05) is 22.9 Å². The Bertz CT molecular complexity index is 567. The predicted molar refractivity (Wildman–Crippen MR) is 71.0 cm³/mol. The second-order valence-corrected chi connectivity index (χ2v) is 5.42. The summed E-state index contributed by atoms with van der Waals surface area (Å²) in [5.74, 6) is -2.01. The molecule has 3 rings (SSSR count). The minimum atomic E-state index is -2.42. The van der Waals surface area contributed by atoms with E-state index in [1.165, 1.54) is 0 Å². The maximum absolute atomic E-state index is 12.6. The highest BCUT2D eigenvalue weighted by Gasteiger charge is 2.23. The summed E-state index contributed by atoms with van der Waals surface area (Å²) >= 11 is 0.572. The van der Waals surface area contributed by atoms with E-state index in [1.54, 1.807) is 18.5 Å². The molecule has 1 aliphatic rings. The van der Waals surface area contributed by atoms with Crippen LogP contribution in [0.2, 0.25) is 0 Å². The highest BCUT2D eigenvalue weighted by molar-refractivity contribution is 7.99. The van der Waals surface area contributed by atoms with Crippen molar-refractivity contribution in [2.24, 2.45) is 0 Å². The molecule has 0 aliphatic carbocycles. The SMILES string of the molecule is FC(F)Sc1ccccc1-n1cncc1C1CNC1. The van der Waals surface area contributed by atoms with Gasteiger partial charge < -0.3 is 9.88 Å². The fourth-order valence-electron chi connectivity index (χ4n) is 2.16. The molecule has 3 nitrogen and oxygen atoms in total. The van der Waals surface area contributed by atoms with Gasteiger partial charge in [-0.3, -0.25) is 0 Å². The summed E-state index contributed by atoms with van der Waals surface area (Å²) in [6.07, 6.45) is 3.51. The van der Waals surface area contributed by atoms with Crippen LogP contribution in [0, 0.1) is 0 Å². The molecule has 6 heteroatoms. The average molecular weight is 281 g/mol.